The van der Waals surface area contributed by atoms with E-state index in [4.69, 9.17) is 9.47 Å². The average molecular weight is 362 g/mol. The molecule has 25 heavy (non-hydrogen) atoms. The second-order valence-corrected chi connectivity index (χ2v) is 7.79. The first kappa shape index (κ1) is 16.7. The van der Waals surface area contributed by atoms with Gasteiger partial charge in [-0.25, -0.2) is 4.98 Å². The van der Waals surface area contributed by atoms with Crippen molar-refractivity contribution >= 4 is 27.5 Å². The molecular weight excluding hydrogens is 340 g/mol. The molecule has 0 aromatic carbocycles. The number of rotatable bonds is 5. The van der Waals surface area contributed by atoms with Gasteiger partial charge in [0, 0.05) is 18.0 Å². The molecule has 6 nitrogen and oxygen atoms in total. The maximum absolute atomic E-state index is 12.8. The summed E-state index contributed by atoms with van der Waals surface area (Å²) in [6, 6.07) is 0. The number of fused-ring (bicyclic) bond motifs is 3. The van der Waals surface area contributed by atoms with Gasteiger partial charge in [0.2, 0.25) is 0 Å². The number of hydrogen-bond acceptors (Lipinski definition) is 6. The maximum Gasteiger partial charge on any atom is 0.307 e. The zero-order valence-corrected chi connectivity index (χ0v) is 15.0. The van der Waals surface area contributed by atoms with E-state index in [0.29, 0.717) is 13.2 Å². The number of carbonyl (C=O) groups excluding carboxylic acids is 1. The Balaban J connectivity index is 1.43. The Labute approximate surface area is 149 Å². The monoisotopic (exact) mass is 362 g/mol. The molecule has 4 rings (SSSR count). The number of thiophene rings is 1. The highest BCUT2D eigenvalue weighted by Gasteiger charge is 2.20. The lowest BCUT2D eigenvalue weighted by atomic mass is 9.97. The molecule has 0 spiro atoms. The van der Waals surface area contributed by atoms with Crippen LogP contribution in [0.15, 0.2) is 11.1 Å². The minimum atomic E-state index is -0.296. The molecule has 3 heterocycles. The number of esters is 1. The van der Waals surface area contributed by atoms with Crippen molar-refractivity contribution in [3.63, 3.8) is 0 Å². The predicted octanol–water partition coefficient (Wildman–Crippen LogP) is 2.45. The second kappa shape index (κ2) is 7.25. The summed E-state index contributed by atoms with van der Waals surface area (Å²) in [5.41, 5.74) is 1.15. The molecule has 1 saturated heterocycles. The molecule has 0 saturated carbocycles. The van der Waals surface area contributed by atoms with E-state index in [1.807, 2.05) is 0 Å². The van der Waals surface area contributed by atoms with Crippen LogP contribution < -0.4 is 5.56 Å². The van der Waals surface area contributed by atoms with Gasteiger partial charge >= 0.3 is 5.97 Å². The van der Waals surface area contributed by atoms with Crippen LogP contribution in [-0.2, 0) is 33.7 Å². The molecule has 1 aliphatic carbocycles. The van der Waals surface area contributed by atoms with Gasteiger partial charge in [0.05, 0.1) is 24.2 Å². The Morgan fingerprint density at radius 2 is 2.24 bits per heavy atom. The van der Waals surface area contributed by atoms with Crippen molar-refractivity contribution in [3.8, 4) is 0 Å². The molecule has 2 aromatic heterocycles. The number of ether oxygens (including phenoxy) is 2. The van der Waals surface area contributed by atoms with Gasteiger partial charge in [-0.15, -0.1) is 11.3 Å². The highest BCUT2D eigenvalue weighted by atomic mass is 32.1. The van der Waals surface area contributed by atoms with Gasteiger partial charge in [-0.3, -0.25) is 14.2 Å². The van der Waals surface area contributed by atoms with Crippen molar-refractivity contribution < 1.29 is 14.3 Å². The summed E-state index contributed by atoms with van der Waals surface area (Å²) in [5.74, 6) is -0.296. The van der Waals surface area contributed by atoms with E-state index in [0.717, 1.165) is 48.9 Å². The molecule has 0 bridgehead atoms. The lowest BCUT2D eigenvalue weighted by molar-refractivity contribution is -0.147. The van der Waals surface area contributed by atoms with E-state index in [9.17, 15) is 9.59 Å². The quantitative estimate of drug-likeness (QED) is 0.764. The van der Waals surface area contributed by atoms with Crippen LogP contribution >= 0.6 is 11.3 Å². The summed E-state index contributed by atoms with van der Waals surface area (Å²) in [6.45, 7) is 1.36. The van der Waals surface area contributed by atoms with E-state index in [1.165, 1.54) is 21.4 Å². The van der Waals surface area contributed by atoms with Crippen LogP contribution in [0.2, 0.25) is 0 Å². The first-order chi connectivity index (χ1) is 12.2. The molecule has 1 aliphatic heterocycles. The normalized spacial score (nSPS) is 19.9. The van der Waals surface area contributed by atoms with Crippen molar-refractivity contribution in [2.24, 2.45) is 0 Å². The molecule has 134 valence electrons. The second-order valence-electron chi connectivity index (χ2n) is 6.70. The number of hydrogen-bond donors (Lipinski definition) is 0. The molecule has 0 unspecified atom stereocenters. The summed E-state index contributed by atoms with van der Waals surface area (Å²) >= 11 is 1.64. The number of aryl methyl sites for hydroxylation is 3. The van der Waals surface area contributed by atoms with Crippen LogP contribution in [0.5, 0.6) is 0 Å². The predicted molar refractivity (Wildman–Crippen MR) is 95.1 cm³/mol. The highest BCUT2D eigenvalue weighted by Crippen LogP contribution is 2.33. The van der Waals surface area contributed by atoms with E-state index in [1.54, 1.807) is 17.7 Å². The van der Waals surface area contributed by atoms with Crippen LogP contribution in [0.3, 0.4) is 0 Å². The molecule has 2 aliphatic rings. The SMILES string of the molecule is O=C(CCn1cnc2sc3c(c2c1=O)CCCC3)OC[C@H]1CCCO1. The number of nitrogens with zero attached hydrogens (tertiary/aromatic N) is 2. The molecule has 1 atom stereocenters. The van der Waals surface area contributed by atoms with Crippen molar-refractivity contribution in [2.45, 2.75) is 57.6 Å². The van der Waals surface area contributed by atoms with E-state index >= 15 is 0 Å². The van der Waals surface area contributed by atoms with Crippen molar-refractivity contribution in [1.82, 2.24) is 9.55 Å². The maximum atomic E-state index is 12.8. The number of carbonyl (C=O) groups is 1. The smallest absolute Gasteiger partial charge is 0.307 e. The fourth-order valence-electron chi connectivity index (χ4n) is 3.59. The van der Waals surface area contributed by atoms with Crippen LogP contribution in [0, 0.1) is 0 Å². The summed E-state index contributed by atoms with van der Waals surface area (Å²) in [7, 11) is 0. The lowest BCUT2D eigenvalue weighted by Gasteiger charge is -2.11. The van der Waals surface area contributed by atoms with Crippen molar-refractivity contribution in [2.75, 3.05) is 13.2 Å². The van der Waals surface area contributed by atoms with Gasteiger partial charge in [-0.1, -0.05) is 0 Å². The summed E-state index contributed by atoms with van der Waals surface area (Å²) < 4.78 is 12.2. The molecule has 0 radical (unpaired) electrons. The third-order valence-electron chi connectivity index (χ3n) is 4.95. The average Bonchev–Trinajstić information content (AvgIpc) is 3.26. The third kappa shape index (κ3) is 3.48. The van der Waals surface area contributed by atoms with Gasteiger partial charge in [-0.05, 0) is 44.1 Å². The van der Waals surface area contributed by atoms with Gasteiger partial charge in [0.25, 0.3) is 5.56 Å². The van der Waals surface area contributed by atoms with Crippen LogP contribution in [0.25, 0.3) is 10.2 Å². The Morgan fingerprint density at radius 1 is 1.36 bits per heavy atom. The number of aromatic nitrogens is 2. The van der Waals surface area contributed by atoms with Gasteiger partial charge in [-0.2, -0.15) is 0 Å². The van der Waals surface area contributed by atoms with Crippen LogP contribution in [0.4, 0.5) is 0 Å². The topological polar surface area (TPSA) is 70.4 Å². The largest absolute Gasteiger partial charge is 0.463 e. The Morgan fingerprint density at radius 3 is 3.08 bits per heavy atom. The molecule has 7 heteroatoms. The van der Waals surface area contributed by atoms with E-state index in [-0.39, 0.29) is 24.1 Å². The zero-order chi connectivity index (χ0) is 17.2. The molecule has 1 fully saturated rings. The minimum Gasteiger partial charge on any atom is -0.463 e. The molecule has 2 aromatic rings. The summed E-state index contributed by atoms with van der Waals surface area (Å²) in [5, 5.41) is 0.759. The highest BCUT2D eigenvalue weighted by molar-refractivity contribution is 7.18. The van der Waals surface area contributed by atoms with Crippen LogP contribution in [-0.4, -0.2) is 34.8 Å². The first-order valence-electron chi connectivity index (χ1n) is 8.99. The fraction of sp³-hybridized carbons (Fsp3) is 0.611. The molecular formula is C18H22N2O4S. The van der Waals surface area contributed by atoms with Crippen LogP contribution in [0.1, 0.15) is 42.5 Å². The fourth-order valence-corrected chi connectivity index (χ4v) is 4.81. The third-order valence-corrected chi connectivity index (χ3v) is 6.15. The summed E-state index contributed by atoms with van der Waals surface area (Å²) in [4.78, 5) is 31.3. The first-order valence-corrected chi connectivity index (χ1v) is 9.81. The van der Waals surface area contributed by atoms with E-state index in [2.05, 4.69) is 4.98 Å². The minimum absolute atomic E-state index is 0.0296. The van der Waals surface area contributed by atoms with Gasteiger partial charge in [0.1, 0.15) is 11.4 Å². The van der Waals surface area contributed by atoms with Gasteiger partial charge in [0.15, 0.2) is 0 Å². The lowest BCUT2D eigenvalue weighted by Crippen LogP contribution is -2.24. The zero-order valence-electron chi connectivity index (χ0n) is 14.2. The van der Waals surface area contributed by atoms with Gasteiger partial charge < -0.3 is 9.47 Å². The Kier molecular flexibility index (Phi) is 4.85. The molecule has 0 N–H and O–H groups in total. The Bertz CT molecular complexity index is 835. The standard InChI is InChI=1S/C18H22N2O4S/c21-15(24-10-12-4-3-9-23-12)7-8-20-11-19-17-16(18(20)22)13-5-1-2-6-14(13)25-17/h11-12H,1-10H2/t12-/m1/s1. The van der Waals surface area contributed by atoms with E-state index < -0.39 is 0 Å². The Hall–Kier alpha value is -1.73. The molecule has 0 amide bonds. The van der Waals surface area contributed by atoms with Crippen molar-refractivity contribution in [1.29, 1.82) is 0 Å². The van der Waals surface area contributed by atoms with Crippen molar-refractivity contribution in [3.05, 3.63) is 27.1 Å². The summed E-state index contributed by atoms with van der Waals surface area (Å²) in [6.07, 6.45) is 8.04.